The Morgan fingerprint density at radius 1 is 1.25 bits per heavy atom. The van der Waals surface area contributed by atoms with Crippen LogP contribution in [-0.2, 0) is 0 Å². The molecule has 0 aliphatic carbocycles. The Balaban J connectivity index is 2.26. The highest BCUT2D eigenvalue weighted by Crippen LogP contribution is 2.32. The predicted molar refractivity (Wildman–Crippen MR) is 65.1 cm³/mol. The van der Waals surface area contributed by atoms with E-state index in [-0.39, 0.29) is 10.7 Å². The lowest BCUT2D eigenvalue weighted by molar-refractivity contribution is 0.292. The van der Waals surface area contributed by atoms with Crippen LogP contribution in [0.15, 0.2) is 0 Å². The van der Waals surface area contributed by atoms with Crippen molar-refractivity contribution < 1.29 is 0 Å². The topological polar surface area (TPSA) is 41.9 Å². The van der Waals surface area contributed by atoms with E-state index in [0.717, 1.165) is 19.5 Å². The van der Waals surface area contributed by atoms with Crippen LogP contribution in [0.2, 0.25) is 10.4 Å². The highest BCUT2D eigenvalue weighted by molar-refractivity contribution is 6.32. The molecule has 1 aromatic heterocycles. The Kier molecular flexibility index (Phi) is 3.22. The Hall–Kier alpha value is -0.610. The van der Waals surface area contributed by atoms with Gasteiger partial charge >= 0.3 is 0 Å². The lowest BCUT2D eigenvalue weighted by atomic mass is 9.84. The summed E-state index contributed by atoms with van der Waals surface area (Å²) in [5, 5.41) is 7.86. The van der Waals surface area contributed by atoms with Crippen molar-refractivity contribution in [3.05, 3.63) is 10.4 Å². The zero-order valence-electron chi connectivity index (χ0n) is 9.37. The smallest absolute Gasteiger partial charge is 0.245 e. The standard InChI is InChI=1S/C10H14Cl2N4/c1-10(2)4-3-5-16(6-10)8-7(11)14-15-9(12)13-8/h3-6H2,1-2H3. The van der Waals surface area contributed by atoms with Gasteiger partial charge in [0.15, 0.2) is 11.0 Å². The van der Waals surface area contributed by atoms with Gasteiger partial charge in [0.05, 0.1) is 0 Å². The van der Waals surface area contributed by atoms with Crippen molar-refractivity contribution in [2.75, 3.05) is 18.0 Å². The average molecular weight is 261 g/mol. The Labute approximate surface area is 105 Å². The van der Waals surface area contributed by atoms with Gasteiger partial charge in [-0.25, -0.2) is 0 Å². The molecule has 4 nitrogen and oxygen atoms in total. The molecule has 0 unspecified atom stereocenters. The molecule has 0 N–H and O–H groups in total. The van der Waals surface area contributed by atoms with E-state index >= 15 is 0 Å². The molecule has 0 radical (unpaired) electrons. The summed E-state index contributed by atoms with van der Waals surface area (Å²) in [5.74, 6) is 0.648. The summed E-state index contributed by atoms with van der Waals surface area (Å²) in [7, 11) is 0. The maximum absolute atomic E-state index is 5.99. The van der Waals surface area contributed by atoms with Crippen LogP contribution in [0.25, 0.3) is 0 Å². The van der Waals surface area contributed by atoms with Crippen LogP contribution in [0.5, 0.6) is 0 Å². The fourth-order valence-electron chi connectivity index (χ4n) is 2.09. The minimum Gasteiger partial charge on any atom is -0.353 e. The second kappa shape index (κ2) is 4.34. The number of aromatic nitrogens is 3. The Morgan fingerprint density at radius 3 is 2.69 bits per heavy atom. The zero-order chi connectivity index (χ0) is 11.8. The van der Waals surface area contributed by atoms with E-state index in [1.807, 2.05) is 0 Å². The van der Waals surface area contributed by atoms with Gasteiger partial charge in [-0.3, -0.25) is 0 Å². The van der Waals surface area contributed by atoms with E-state index in [1.54, 1.807) is 0 Å². The van der Waals surface area contributed by atoms with Gasteiger partial charge in [-0.05, 0) is 29.9 Å². The van der Waals surface area contributed by atoms with Gasteiger partial charge in [0, 0.05) is 13.1 Å². The molecule has 0 spiro atoms. The fourth-order valence-corrected chi connectivity index (χ4v) is 2.41. The summed E-state index contributed by atoms with van der Waals surface area (Å²) in [4.78, 5) is 6.28. The van der Waals surface area contributed by atoms with Crippen LogP contribution in [0.4, 0.5) is 5.82 Å². The second-order valence-electron chi connectivity index (χ2n) is 4.88. The van der Waals surface area contributed by atoms with E-state index in [0.29, 0.717) is 11.0 Å². The Morgan fingerprint density at radius 2 is 2.00 bits per heavy atom. The first-order valence-corrected chi connectivity index (χ1v) is 6.04. The van der Waals surface area contributed by atoms with Gasteiger partial charge in [0.25, 0.3) is 0 Å². The number of hydrogen-bond donors (Lipinski definition) is 0. The van der Waals surface area contributed by atoms with Crippen molar-refractivity contribution in [3.8, 4) is 0 Å². The van der Waals surface area contributed by atoms with Crippen LogP contribution in [-0.4, -0.2) is 28.3 Å². The molecule has 2 rings (SSSR count). The molecule has 0 atom stereocenters. The van der Waals surface area contributed by atoms with Crippen LogP contribution in [0, 0.1) is 5.41 Å². The van der Waals surface area contributed by atoms with E-state index in [2.05, 4.69) is 33.9 Å². The van der Waals surface area contributed by atoms with E-state index in [9.17, 15) is 0 Å². The first-order valence-electron chi connectivity index (χ1n) is 5.29. The number of piperidine rings is 1. The summed E-state index contributed by atoms with van der Waals surface area (Å²) < 4.78 is 0. The molecular weight excluding hydrogens is 247 g/mol. The molecule has 0 saturated carbocycles. The van der Waals surface area contributed by atoms with Crippen LogP contribution in [0.3, 0.4) is 0 Å². The van der Waals surface area contributed by atoms with Crippen LogP contribution >= 0.6 is 23.2 Å². The van der Waals surface area contributed by atoms with Gasteiger partial charge in [-0.2, -0.15) is 4.98 Å². The minimum atomic E-state index is 0.141. The molecule has 1 fully saturated rings. The second-order valence-corrected chi connectivity index (χ2v) is 5.58. The molecule has 1 aliphatic rings. The first-order chi connectivity index (χ1) is 7.48. The lowest BCUT2D eigenvalue weighted by Gasteiger charge is -2.38. The highest BCUT2D eigenvalue weighted by Gasteiger charge is 2.28. The number of rotatable bonds is 1. The minimum absolute atomic E-state index is 0.141. The molecule has 1 saturated heterocycles. The zero-order valence-corrected chi connectivity index (χ0v) is 10.9. The number of nitrogens with zero attached hydrogens (tertiary/aromatic N) is 4. The van der Waals surface area contributed by atoms with Crippen molar-refractivity contribution in [1.29, 1.82) is 0 Å². The van der Waals surface area contributed by atoms with Crippen LogP contribution in [0.1, 0.15) is 26.7 Å². The molecule has 6 heteroatoms. The molecule has 0 aromatic carbocycles. The molecule has 16 heavy (non-hydrogen) atoms. The molecule has 88 valence electrons. The van der Waals surface area contributed by atoms with E-state index in [1.165, 1.54) is 6.42 Å². The SMILES string of the molecule is CC1(C)CCCN(c2nc(Cl)nnc2Cl)C1. The summed E-state index contributed by atoms with van der Waals surface area (Å²) in [6.07, 6.45) is 2.35. The van der Waals surface area contributed by atoms with Crippen molar-refractivity contribution in [3.63, 3.8) is 0 Å². The van der Waals surface area contributed by atoms with Gasteiger partial charge in [0.2, 0.25) is 5.28 Å². The maximum atomic E-state index is 5.99. The summed E-state index contributed by atoms with van der Waals surface area (Å²) >= 11 is 11.7. The Bertz CT molecular complexity index is 394. The molecule has 1 aromatic rings. The number of anilines is 1. The predicted octanol–water partition coefficient (Wildman–Crippen LogP) is 2.80. The summed E-state index contributed by atoms with van der Waals surface area (Å²) in [6, 6.07) is 0. The van der Waals surface area contributed by atoms with E-state index < -0.39 is 0 Å². The lowest BCUT2D eigenvalue weighted by Crippen LogP contribution is -2.40. The summed E-state index contributed by atoms with van der Waals surface area (Å²) in [6.45, 7) is 6.34. The average Bonchev–Trinajstić information content (AvgIpc) is 2.20. The van der Waals surface area contributed by atoms with E-state index in [4.69, 9.17) is 23.2 Å². The molecule has 1 aliphatic heterocycles. The normalized spacial score (nSPS) is 19.9. The van der Waals surface area contributed by atoms with Gasteiger partial charge < -0.3 is 4.90 Å². The summed E-state index contributed by atoms with van der Waals surface area (Å²) in [5.41, 5.74) is 0.277. The monoisotopic (exact) mass is 260 g/mol. The van der Waals surface area contributed by atoms with Gasteiger partial charge in [-0.15, -0.1) is 10.2 Å². The quantitative estimate of drug-likeness (QED) is 0.779. The molecular formula is C10H14Cl2N4. The number of halogens is 2. The fraction of sp³-hybridized carbons (Fsp3) is 0.700. The van der Waals surface area contributed by atoms with Crippen LogP contribution < -0.4 is 4.90 Å². The van der Waals surface area contributed by atoms with Gasteiger partial charge in [-0.1, -0.05) is 25.4 Å². The highest BCUT2D eigenvalue weighted by atomic mass is 35.5. The van der Waals surface area contributed by atoms with Crippen molar-refractivity contribution in [2.45, 2.75) is 26.7 Å². The molecule has 0 bridgehead atoms. The third-order valence-corrected chi connectivity index (χ3v) is 3.21. The molecule has 2 heterocycles. The third-order valence-electron chi connectivity index (χ3n) is 2.80. The van der Waals surface area contributed by atoms with Crippen molar-refractivity contribution in [2.24, 2.45) is 5.41 Å². The first kappa shape index (κ1) is 11.9. The van der Waals surface area contributed by atoms with Gasteiger partial charge in [0.1, 0.15) is 0 Å². The third kappa shape index (κ3) is 2.55. The maximum Gasteiger partial charge on any atom is 0.245 e. The van der Waals surface area contributed by atoms with Crippen molar-refractivity contribution >= 4 is 29.0 Å². The molecule has 0 amide bonds. The number of hydrogen-bond acceptors (Lipinski definition) is 4. The van der Waals surface area contributed by atoms with Crippen molar-refractivity contribution in [1.82, 2.24) is 15.2 Å². The largest absolute Gasteiger partial charge is 0.353 e.